The molecule has 0 atom stereocenters. The molecule has 0 saturated heterocycles. The van der Waals surface area contributed by atoms with Crippen LogP contribution in [0.2, 0.25) is 5.02 Å². The van der Waals surface area contributed by atoms with Crippen molar-refractivity contribution in [3.63, 3.8) is 0 Å². The average molecular weight is 325 g/mol. The van der Waals surface area contributed by atoms with Crippen molar-refractivity contribution in [2.75, 3.05) is 0 Å². The summed E-state index contributed by atoms with van der Waals surface area (Å²) in [5, 5.41) is 10.6. The van der Waals surface area contributed by atoms with E-state index in [0.29, 0.717) is 19.8 Å². The summed E-state index contributed by atoms with van der Waals surface area (Å²) in [6, 6.07) is 9.48. The van der Waals surface area contributed by atoms with Gasteiger partial charge in [0, 0.05) is 15.8 Å². The second-order valence-corrected chi connectivity index (χ2v) is 6.53. The van der Waals surface area contributed by atoms with E-state index in [1.165, 1.54) is 6.07 Å². The molecule has 108 valence electrons. The number of aromatic amines is 1. The quantitative estimate of drug-likeness (QED) is 0.753. The third kappa shape index (κ3) is 2.10. The molecule has 1 heterocycles. The summed E-state index contributed by atoms with van der Waals surface area (Å²) in [7, 11) is -4.14. The van der Waals surface area contributed by atoms with Gasteiger partial charge in [0.15, 0.2) is 0 Å². The molecule has 6 nitrogen and oxygen atoms in total. The van der Waals surface area contributed by atoms with Gasteiger partial charge >= 0.3 is 5.69 Å². The van der Waals surface area contributed by atoms with Crippen molar-refractivity contribution in [1.82, 2.24) is 8.96 Å². The molecule has 0 aliphatic heterocycles. The summed E-state index contributed by atoms with van der Waals surface area (Å²) >= 11 is 6.05. The highest BCUT2D eigenvalue weighted by atomic mass is 35.5. The van der Waals surface area contributed by atoms with Gasteiger partial charge in [-0.25, -0.2) is 13.2 Å². The van der Waals surface area contributed by atoms with Crippen molar-refractivity contribution in [3.05, 3.63) is 58.1 Å². The number of imidazole rings is 1. The molecule has 1 aromatic heterocycles. The predicted molar refractivity (Wildman–Crippen MR) is 78.3 cm³/mol. The Morgan fingerprint density at radius 1 is 1.10 bits per heavy atom. The Labute approximate surface area is 124 Å². The van der Waals surface area contributed by atoms with Crippen LogP contribution < -0.4 is 5.69 Å². The molecule has 3 rings (SSSR count). The van der Waals surface area contributed by atoms with Gasteiger partial charge in [0.2, 0.25) is 5.88 Å². The molecule has 0 fully saturated rings. The van der Waals surface area contributed by atoms with E-state index in [4.69, 9.17) is 11.6 Å². The fourth-order valence-electron chi connectivity index (χ4n) is 2.12. The molecule has 0 aliphatic rings. The number of aromatic hydroxyl groups is 1. The number of hydrogen-bond donors (Lipinski definition) is 2. The summed E-state index contributed by atoms with van der Waals surface area (Å²) < 4.78 is 25.6. The summed E-state index contributed by atoms with van der Waals surface area (Å²) in [6.07, 6.45) is 0.820. The molecule has 0 radical (unpaired) electrons. The Hall–Kier alpha value is -2.25. The Morgan fingerprint density at radius 2 is 1.76 bits per heavy atom. The fraction of sp³-hybridized carbons (Fsp3) is 0. The van der Waals surface area contributed by atoms with E-state index in [-0.39, 0.29) is 4.90 Å². The molecule has 0 amide bonds. The van der Waals surface area contributed by atoms with E-state index in [2.05, 4.69) is 0 Å². The zero-order chi connectivity index (χ0) is 15.2. The van der Waals surface area contributed by atoms with Crippen LogP contribution in [0.1, 0.15) is 0 Å². The molecule has 0 aliphatic carbocycles. The van der Waals surface area contributed by atoms with E-state index >= 15 is 0 Å². The normalized spacial score (nSPS) is 11.9. The number of hydrogen-bond acceptors (Lipinski definition) is 4. The topological polar surface area (TPSA) is 92.2 Å². The van der Waals surface area contributed by atoms with Crippen LogP contribution in [-0.4, -0.2) is 22.5 Å². The number of aromatic nitrogens is 2. The number of nitrogens with one attached hydrogen (secondary N) is 1. The number of fused-ring (bicyclic) bond motifs is 1. The van der Waals surface area contributed by atoms with Gasteiger partial charge in [-0.3, -0.25) is 4.98 Å². The van der Waals surface area contributed by atoms with Crippen molar-refractivity contribution < 1.29 is 13.5 Å². The highest BCUT2D eigenvalue weighted by Gasteiger charge is 2.23. The van der Waals surface area contributed by atoms with Gasteiger partial charge in [0.05, 0.1) is 11.1 Å². The minimum atomic E-state index is -4.14. The highest BCUT2D eigenvalue weighted by Crippen LogP contribution is 2.29. The maximum Gasteiger partial charge on any atom is 0.342 e. The van der Waals surface area contributed by atoms with Crippen LogP contribution in [0.3, 0.4) is 0 Å². The molecule has 8 heteroatoms. The number of rotatable bonds is 2. The van der Waals surface area contributed by atoms with Crippen LogP contribution in [0.5, 0.6) is 5.88 Å². The van der Waals surface area contributed by atoms with Crippen molar-refractivity contribution in [1.29, 1.82) is 0 Å². The summed E-state index contributed by atoms with van der Waals surface area (Å²) in [5.74, 6) is -0.526. The lowest BCUT2D eigenvalue weighted by molar-refractivity contribution is 0.455. The monoisotopic (exact) mass is 324 g/mol. The summed E-state index contributed by atoms with van der Waals surface area (Å²) in [4.78, 5) is 13.5. The van der Waals surface area contributed by atoms with Crippen LogP contribution in [0.15, 0.2) is 52.3 Å². The molecular weight excluding hydrogens is 316 g/mol. The first-order valence-corrected chi connectivity index (χ1v) is 7.66. The molecule has 3 aromatic rings. The third-order valence-corrected chi connectivity index (χ3v) is 5.07. The SMILES string of the molecule is O=c1[nH]c(O)cn1S(=O)(=O)c1cccc2c(Cl)cccc12. The standard InChI is InChI=1S/C13H9ClN2O4S/c14-10-5-1-4-9-8(10)3-2-6-11(9)21(19,20)16-7-12(17)15-13(16)18/h1-7,17H,(H,15,18). The molecule has 0 unspecified atom stereocenters. The first-order chi connectivity index (χ1) is 9.91. The fourth-order valence-corrected chi connectivity index (χ4v) is 3.78. The van der Waals surface area contributed by atoms with E-state index in [1.807, 2.05) is 4.98 Å². The Bertz CT molecular complexity index is 1000. The highest BCUT2D eigenvalue weighted by molar-refractivity contribution is 7.90. The Morgan fingerprint density at radius 3 is 2.43 bits per heavy atom. The number of benzene rings is 2. The van der Waals surface area contributed by atoms with Crippen LogP contribution in [0, 0.1) is 0 Å². The minimum absolute atomic E-state index is 0.0661. The lowest BCUT2D eigenvalue weighted by Crippen LogP contribution is -2.24. The van der Waals surface area contributed by atoms with Gasteiger partial charge in [-0.1, -0.05) is 35.9 Å². The molecule has 2 aromatic carbocycles. The van der Waals surface area contributed by atoms with Crippen LogP contribution >= 0.6 is 11.6 Å². The molecular formula is C13H9ClN2O4S. The van der Waals surface area contributed by atoms with E-state index < -0.39 is 21.6 Å². The largest absolute Gasteiger partial charge is 0.493 e. The average Bonchev–Trinajstić information content (AvgIpc) is 2.78. The number of H-pyrrole nitrogens is 1. The van der Waals surface area contributed by atoms with Gasteiger partial charge < -0.3 is 5.11 Å². The summed E-state index contributed by atoms with van der Waals surface area (Å²) in [5.41, 5.74) is -0.938. The van der Waals surface area contributed by atoms with Gasteiger partial charge in [0.25, 0.3) is 10.0 Å². The van der Waals surface area contributed by atoms with Crippen LogP contribution in [0.4, 0.5) is 0 Å². The first kappa shape index (κ1) is 13.7. The second-order valence-electron chi connectivity index (χ2n) is 4.34. The minimum Gasteiger partial charge on any atom is -0.493 e. The van der Waals surface area contributed by atoms with E-state index in [9.17, 15) is 18.3 Å². The lowest BCUT2D eigenvalue weighted by Gasteiger charge is -2.08. The molecule has 0 spiro atoms. The smallest absolute Gasteiger partial charge is 0.342 e. The Balaban J connectivity index is 2.37. The van der Waals surface area contributed by atoms with E-state index in [0.717, 1.165) is 6.20 Å². The van der Waals surface area contributed by atoms with Crippen LogP contribution in [0.25, 0.3) is 10.8 Å². The van der Waals surface area contributed by atoms with Crippen molar-refractivity contribution in [3.8, 4) is 5.88 Å². The Kier molecular flexibility index (Phi) is 3.03. The number of nitrogens with zero attached hydrogens (tertiary/aromatic N) is 1. The predicted octanol–water partition coefficient (Wildman–Crippen LogP) is 1.93. The molecule has 0 saturated carbocycles. The molecule has 21 heavy (non-hydrogen) atoms. The van der Waals surface area contributed by atoms with Gasteiger partial charge in [-0.05, 0) is 12.1 Å². The van der Waals surface area contributed by atoms with Crippen molar-refractivity contribution in [2.45, 2.75) is 4.90 Å². The molecule has 2 N–H and O–H groups in total. The van der Waals surface area contributed by atoms with Crippen molar-refractivity contribution >= 4 is 32.4 Å². The molecule has 0 bridgehead atoms. The van der Waals surface area contributed by atoms with Gasteiger partial charge in [-0.2, -0.15) is 3.97 Å². The van der Waals surface area contributed by atoms with E-state index in [1.54, 1.807) is 30.3 Å². The van der Waals surface area contributed by atoms with Crippen molar-refractivity contribution in [2.24, 2.45) is 0 Å². The zero-order valence-electron chi connectivity index (χ0n) is 10.4. The second kappa shape index (κ2) is 4.64. The maximum atomic E-state index is 12.6. The lowest BCUT2D eigenvalue weighted by atomic mass is 10.1. The third-order valence-electron chi connectivity index (χ3n) is 3.04. The summed E-state index contributed by atoms with van der Waals surface area (Å²) in [6.45, 7) is 0. The van der Waals surface area contributed by atoms with Gasteiger partial charge in [0.1, 0.15) is 0 Å². The zero-order valence-corrected chi connectivity index (χ0v) is 12.0. The van der Waals surface area contributed by atoms with Gasteiger partial charge in [-0.15, -0.1) is 0 Å². The first-order valence-electron chi connectivity index (χ1n) is 5.85. The maximum absolute atomic E-state index is 12.6. The number of halogens is 1. The van der Waals surface area contributed by atoms with Crippen LogP contribution in [-0.2, 0) is 10.0 Å².